The third-order valence-electron chi connectivity index (χ3n) is 7.21. The summed E-state index contributed by atoms with van der Waals surface area (Å²) in [6, 6.07) is -0.476. The highest BCUT2D eigenvalue weighted by molar-refractivity contribution is 7.45. The molecule has 0 aromatic heterocycles. The molecule has 0 bridgehead atoms. The van der Waals surface area contributed by atoms with Crippen molar-refractivity contribution in [3.05, 3.63) is 12.2 Å². The summed E-state index contributed by atoms with van der Waals surface area (Å²) in [6.07, 6.45) is 29.6. The number of allylic oxidation sites excluding steroid dienone is 1. The van der Waals surface area contributed by atoms with E-state index in [9.17, 15) is 14.3 Å². The predicted octanol–water partition coefficient (Wildman–Crippen LogP) is 8.53. The zero-order valence-electron chi connectivity index (χ0n) is 24.1. The second kappa shape index (κ2) is 23.2. The molecule has 37 heavy (non-hydrogen) atoms. The summed E-state index contributed by atoms with van der Waals surface area (Å²) in [4.78, 5) is 24.2. The van der Waals surface area contributed by atoms with Crippen LogP contribution < -0.4 is 10.2 Å². The quantitative estimate of drug-likeness (QED) is 0.0750. The molecule has 1 aliphatic heterocycles. The summed E-state index contributed by atoms with van der Waals surface area (Å²) < 4.78 is 21.8. The van der Waals surface area contributed by atoms with E-state index in [4.69, 9.17) is 9.05 Å². The molecule has 1 N–H and O–H groups in total. The normalized spacial score (nSPS) is 22.0. The number of phosphoric acid groups is 1. The molecule has 1 unspecified atom stereocenters. The van der Waals surface area contributed by atoms with Gasteiger partial charge in [-0.2, -0.15) is 0 Å². The monoisotopic (exact) mass is 542 g/mol. The summed E-state index contributed by atoms with van der Waals surface area (Å²) >= 11 is 0. The van der Waals surface area contributed by atoms with Crippen LogP contribution in [-0.4, -0.2) is 24.7 Å². The lowest BCUT2D eigenvalue weighted by Gasteiger charge is -2.37. The van der Waals surface area contributed by atoms with Gasteiger partial charge in [-0.15, -0.1) is 0 Å². The number of unbranched alkanes of at least 4 members (excludes halogenated alkanes) is 19. The third kappa shape index (κ3) is 20.0. The van der Waals surface area contributed by atoms with Gasteiger partial charge in [-0.3, -0.25) is 9.36 Å². The number of phosphoric ester groups is 1. The van der Waals surface area contributed by atoms with E-state index in [1.165, 1.54) is 109 Å². The zero-order chi connectivity index (χ0) is 27.0. The Bertz CT molecular complexity index is 627. The standard InChI is InChI=1S/C30H58NO5P/c1-3-5-7-9-11-13-14-15-16-18-19-21-23-25-29-28(27-35-37(33,34)36-29)31-30(32)26-24-22-20-17-12-10-8-6-4-2/h23,25,28-29H,3-22,24,26-27H2,1-2H3,(H,31,32)(H,33,34)/p-1/b25-23+/t28-,29+/m0/s1. The molecule has 1 rings (SSSR count). The largest absolute Gasteiger partial charge is 0.756 e. The summed E-state index contributed by atoms with van der Waals surface area (Å²) in [5.41, 5.74) is 0. The highest BCUT2D eigenvalue weighted by Gasteiger charge is 2.32. The van der Waals surface area contributed by atoms with Crippen LogP contribution in [0.15, 0.2) is 12.2 Å². The Morgan fingerprint density at radius 3 is 1.76 bits per heavy atom. The zero-order valence-corrected chi connectivity index (χ0v) is 25.0. The van der Waals surface area contributed by atoms with Crippen LogP contribution in [0, 0.1) is 0 Å². The van der Waals surface area contributed by atoms with E-state index in [2.05, 4.69) is 19.2 Å². The SMILES string of the molecule is CCCCCCCCCCCCC/C=C/[C@H]1OP(=O)([O-])OC[C@@H]1NC(=O)CCCCCCCCCCC. The number of rotatable bonds is 24. The van der Waals surface area contributed by atoms with Crippen LogP contribution in [0.2, 0.25) is 0 Å². The third-order valence-corrected chi connectivity index (χ3v) is 8.18. The van der Waals surface area contributed by atoms with E-state index in [0.29, 0.717) is 6.42 Å². The van der Waals surface area contributed by atoms with Crippen molar-refractivity contribution >= 4 is 13.7 Å². The lowest BCUT2D eigenvalue weighted by Crippen LogP contribution is -2.49. The molecule has 7 heteroatoms. The van der Waals surface area contributed by atoms with Crippen LogP contribution in [0.1, 0.15) is 155 Å². The smallest absolute Gasteiger partial charge is 0.268 e. The van der Waals surface area contributed by atoms with Gasteiger partial charge in [0.2, 0.25) is 5.91 Å². The van der Waals surface area contributed by atoms with Crippen LogP contribution >= 0.6 is 7.82 Å². The van der Waals surface area contributed by atoms with Gasteiger partial charge in [-0.05, 0) is 19.3 Å². The Hall–Kier alpha value is -0.680. The fourth-order valence-electron chi connectivity index (χ4n) is 4.84. The molecule has 6 nitrogen and oxygen atoms in total. The number of carbonyl (C=O) groups is 1. The van der Waals surface area contributed by atoms with Gasteiger partial charge >= 0.3 is 0 Å². The topological polar surface area (TPSA) is 87.7 Å². The molecule has 1 amide bonds. The van der Waals surface area contributed by atoms with E-state index < -0.39 is 20.0 Å². The second-order valence-electron chi connectivity index (χ2n) is 10.8. The first kappa shape index (κ1) is 34.3. The summed E-state index contributed by atoms with van der Waals surface area (Å²) in [5.74, 6) is -0.0634. The summed E-state index contributed by atoms with van der Waals surface area (Å²) in [6.45, 7) is 4.41. The van der Waals surface area contributed by atoms with Gasteiger partial charge in [0.05, 0.1) is 12.6 Å². The van der Waals surface area contributed by atoms with E-state index in [1.807, 2.05) is 6.08 Å². The van der Waals surface area contributed by atoms with Crippen molar-refractivity contribution in [1.82, 2.24) is 5.32 Å². The molecule has 1 fully saturated rings. The average Bonchev–Trinajstić information content (AvgIpc) is 2.87. The first-order valence-electron chi connectivity index (χ1n) is 15.6. The number of hydrogen-bond donors (Lipinski definition) is 1. The van der Waals surface area contributed by atoms with Gasteiger partial charge in [0, 0.05) is 6.42 Å². The molecular formula is C30H57NO5P-. The van der Waals surface area contributed by atoms with Crippen molar-refractivity contribution in [2.75, 3.05) is 6.61 Å². The van der Waals surface area contributed by atoms with Gasteiger partial charge in [0.1, 0.15) is 6.10 Å². The highest BCUT2D eigenvalue weighted by Crippen LogP contribution is 2.44. The number of nitrogens with one attached hydrogen (secondary N) is 1. The predicted molar refractivity (Wildman–Crippen MR) is 152 cm³/mol. The molecule has 3 atom stereocenters. The lowest BCUT2D eigenvalue weighted by atomic mass is 10.0. The molecule has 0 aromatic carbocycles. The Morgan fingerprint density at radius 2 is 1.24 bits per heavy atom. The molecule has 1 heterocycles. The van der Waals surface area contributed by atoms with Gasteiger partial charge < -0.3 is 19.3 Å². The molecular weight excluding hydrogens is 485 g/mol. The van der Waals surface area contributed by atoms with Crippen molar-refractivity contribution in [2.24, 2.45) is 0 Å². The van der Waals surface area contributed by atoms with E-state index in [-0.39, 0.29) is 12.5 Å². The molecule has 1 aliphatic rings. The molecule has 218 valence electrons. The first-order valence-corrected chi connectivity index (χ1v) is 17.0. The maximum absolute atomic E-state index is 12.4. The average molecular weight is 543 g/mol. The molecule has 1 saturated heterocycles. The number of amides is 1. The van der Waals surface area contributed by atoms with Crippen molar-refractivity contribution in [1.29, 1.82) is 0 Å². The van der Waals surface area contributed by atoms with Crippen molar-refractivity contribution < 1.29 is 23.3 Å². The Morgan fingerprint density at radius 1 is 0.784 bits per heavy atom. The van der Waals surface area contributed by atoms with E-state index >= 15 is 0 Å². The minimum atomic E-state index is -4.31. The van der Waals surface area contributed by atoms with Crippen molar-refractivity contribution in [2.45, 2.75) is 167 Å². The van der Waals surface area contributed by atoms with Crippen molar-refractivity contribution in [3.8, 4) is 0 Å². The van der Waals surface area contributed by atoms with Crippen LogP contribution in [0.4, 0.5) is 0 Å². The van der Waals surface area contributed by atoms with E-state index in [0.717, 1.165) is 25.7 Å². The summed E-state index contributed by atoms with van der Waals surface area (Å²) in [7, 11) is -4.31. The van der Waals surface area contributed by atoms with Crippen LogP contribution in [0.5, 0.6) is 0 Å². The molecule has 0 saturated carbocycles. The lowest BCUT2D eigenvalue weighted by molar-refractivity contribution is -0.237. The second-order valence-corrected chi connectivity index (χ2v) is 12.2. The van der Waals surface area contributed by atoms with Gasteiger partial charge in [0.25, 0.3) is 7.82 Å². The molecule has 0 radical (unpaired) electrons. The Kier molecular flexibility index (Phi) is 21.6. The number of carbonyl (C=O) groups excluding carboxylic acids is 1. The maximum Gasteiger partial charge on any atom is 0.268 e. The maximum atomic E-state index is 12.4. The van der Waals surface area contributed by atoms with Crippen LogP contribution in [0.25, 0.3) is 0 Å². The van der Waals surface area contributed by atoms with Crippen LogP contribution in [-0.2, 0) is 18.4 Å². The summed E-state index contributed by atoms with van der Waals surface area (Å²) in [5, 5.41) is 2.93. The molecule has 0 aliphatic carbocycles. The van der Waals surface area contributed by atoms with Crippen LogP contribution in [0.3, 0.4) is 0 Å². The molecule has 0 aromatic rings. The van der Waals surface area contributed by atoms with E-state index in [1.54, 1.807) is 6.08 Å². The van der Waals surface area contributed by atoms with Gasteiger partial charge in [-0.25, -0.2) is 0 Å². The van der Waals surface area contributed by atoms with Gasteiger partial charge in [-0.1, -0.05) is 142 Å². The minimum Gasteiger partial charge on any atom is -0.756 e. The first-order chi connectivity index (χ1) is 18.0. The molecule has 0 spiro atoms. The van der Waals surface area contributed by atoms with Gasteiger partial charge in [0.15, 0.2) is 0 Å². The fourth-order valence-corrected chi connectivity index (χ4v) is 5.76. The fraction of sp³-hybridized carbons (Fsp3) is 0.900. The van der Waals surface area contributed by atoms with Crippen molar-refractivity contribution in [3.63, 3.8) is 0 Å². The Labute approximate surface area is 228 Å². The highest BCUT2D eigenvalue weighted by atomic mass is 31.2. The Balaban J connectivity index is 2.18. The minimum absolute atomic E-state index is 0.0634. The number of hydrogen-bond acceptors (Lipinski definition) is 5.